The molecule has 0 aliphatic carbocycles. The van der Waals surface area contributed by atoms with E-state index >= 15 is 0 Å². The van der Waals surface area contributed by atoms with E-state index in [9.17, 15) is 14.7 Å². The molecule has 0 bridgehead atoms. The molecule has 144 valence electrons. The Morgan fingerprint density at radius 2 is 1.96 bits per heavy atom. The number of aryl methyl sites for hydroxylation is 3. The van der Waals surface area contributed by atoms with Crippen molar-refractivity contribution < 1.29 is 14.7 Å². The minimum absolute atomic E-state index is 0.0779. The number of aromatic nitrogens is 1. The third kappa shape index (κ3) is 4.54. The Morgan fingerprint density at radius 3 is 2.70 bits per heavy atom. The van der Waals surface area contributed by atoms with Crippen LogP contribution in [0.2, 0.25) is 0 Å². The van der Waals surface area contributed by atoms with Crippen molar-refractivity contribution in [2.24, 2.45) is 0 Å². The number of aliphatic carboxylic acids is 1. The predicted octanol–water partition coefficient (Wildman–Crippen LogP) is 3.61. The van der Waals surface area contributed by atoms with Crippen LogP contribution >= 0.6 is 11.3 Å². The third-order valence-corrected chi connectivity index (χ3v) is 5.87. The van der Waals surface area contributed by atoms with E-state index in [4.69, 9.17) is 0 Å². The van der Waals surface area contributed by atoms with Gasteiger partial charge in [0.2, 0.25) is 5.91 Å². The van der Waals surface area contributed by atoms with Crippen molar-refractivity contribution in [3.8, 4) is 11.3 Å². The van der Waals surface area contributed by atoms with Crippen molar-refractivity contribution in [1.82, 2.24) is 9.88 Å². The Hall–Kier alpha value is -2.25. The van der Waals surface area contributed by atoms with Crippen molar-refractivity contribution in [1.29, 1.82) is 0 Å². The maximum absolute atomic E-state index is 12.4. The van der Waals surface area contributed by atoms with Crippen LogP contribution < -0.4 is 5.32 Å². The van der Waals surface area contributed by atoms with E-state index in [0.29, 0.717) is 18.1 Å². The molecule has 2 aromatic rings. The molecule has 1 aliphatic rings. The highest BCUT2D eigenvalue weighted by atomic mass is 32.1. The molecule has 0 saturated carbocycles. The quantitative estimate of drug-likeness (QED) is 0.819. The summed E-state index contributed by atoms with van der Waals surface area (Å²) in [7, 11) is 0. The number of hydrogen-bond acceptors (Lipinski definition) is 5. The highest BCUT2D eigenvalue weighted by Gasteiger charge is 2.29. The highest BCUT2D eigenvalue weighted by Crippen LogP contribution is 2.29. The molecule has 1 aromatic heterocycles. The zero-order valence-corrected chi connectivity index (χ0v) is 16.7. The van der Waals surface area contributed by atoms with Crippen LogP contribution in [0.5, 0.6) is 0 Å². The molecule has 1 atom stereocenters. The van der Waals surface area contributed by atoms with Gasteiger partial charge >= 0.3 is 5.97 Å². The standard InChI is InChI=1S/C20H25N3O3S/c1-12-8-14(3)15(9-13(12)2)16-11-27-20(21-16)22-18(24)10-23-7-5-4-6-17(23)19(25)26/h8-9,11,17H,4-7,10H2,1-3H3,(H,25,26)(H,21,22,24). The zero-order valence-electron chi connectivity index (χ0n) is 15.9. The van der Waals surface area contributed by atoms with Gasteiger partial charge in [0.25, 0.3) is 0 Å². The first-order valence-electron chi connectivity index (χ1n) is 9.15. The van der Waals surface area contributed by atoms with E-state index < -0.39 is 12.0 Å². The molecule has 1 aromatic carbocycles. The molecular formula is C20H25N3O3S. The number of carbonyl (C=O) groups excluding carboxylic acids is 1. The van der Waals surface area contributed by atoms with Gasteiger partial charge in [-0.25, -0.2) is 4.98 Å². The van der Waals surface area contributed by atoms with Crippen LogP contribution in [0, 0.1) is 20.8 Å². The lowest BCUT2D eigenvalue weighted by atomic mass is 9.99. The van der Waals surface area contributed by atoms with Gasteiger partial charge in [-0.1, -0.05) is 12.5 Å². The number of benzene rings is 1. The Kier molecular flexibility index (Phi) is 5.92. The first-order chi connectivity index (χ1) is 12.8. The van der Waals surface area contributed by atoms with Gasteiger partial charge in [0, 0.05) is 10.9 Å². The summed E-state index contributed by atoms with van der Waals surface area (Å²) >= 11 is 1.38. The van der Waals surface area contributed by atoms with Gasteiger partial charge in [-0.2, -0.15) is 0 Å². The summed E-state index contributed by atoms with van der Waals surface area (Å²) in [6.45, 7) is 6.93. The number of carboxylic acids is 1. The van der Waals surface area contributed by atoms with Gasteiger partial charge in [-0.05, 0) is 62.9 Å². The second-order valence-corrected chi connectivity index (χ2v) is 8.02. The molecule has 0 radical (unpaired) electrons. The number of anilines is 1. The summed E-state index contributed by atoms with van der Waals surface area (Å²) in [4.78, 5) is 30.0. The summed E-state index contributed by atoms with van der Waals surface area (Å²) < 4.78 is 0. The molecule has 1 unspecified atom stereocenters. The summed E-state index contributed by atoms with van der Waals surface area (Å²) in [6, 6.07) is 3.69. The molecular weight excluding hydrogens is 362 g/mol. The number of hydrogen-bond donors (Lipinski definition) is 2. The Labute approximate surface area is 163 Å². The van der Waals surface area contributed by atoms with Crippen LogP contribution in [0.4, 0.5) is 5.13 Å². The molecule has 1 fully saturated rings. The first-order valence-corrected chi connectivity index (χ1v) is 10.0. The maximum Gasteiger partial charge on any atom is 0.320 e. The van der Waals surface area contributed by atoms with Crippen molar-refractivity contribution in [2.75, 3.05) is 18.4 Å². The minimum Gasteiger partial charge on any atom is -0.480 e. The molecule has 1 aliphatic heterocycles. The first kappa shape index (κ1) is 19.5. The molecule has 7 heteroatoms. The van der Waals surface area contributed by atoms with Crippen LogP contribution in [0.3, 0.4) is 0 Å². The smallest absolute Gasteiger partial charge is 0.320 e. The average Bonchev–Trinajstić information content (AvgIpc) is 3.06. The number of piperidine rings is 1. The second-order valence-electron chi connectivity index (χ2n) is 7.16. The van der Waals surface area contributed by atoms with E-state index in [-0.39, 0.29) is 12.5 Å². The van der Waals surface area contributed by atoms with Crippen LogP contribution in [-0.2, 0) is 9.59 Å². The molecule has 1 amide bonds. The largest absolute Gasteiger partial charge is 0.480 e. The normalized spacial score (nSPS) is 17.7. The second kappa shape index (κ2) is 8.19. The van der Waals surface area contributed by atoms with Crippen molar-refractivity contribution in [3.05, 3.63) is 34.2 Å². The molecule has 0 spiro atoms. The Balaban J connectivity index is 1.68. The molecule has 3 rings (SSSR count). The van der Waals surface area contributed by atoms with E-state index in [1.807, 2.05) is 5.38 Å². The fourth-order valence-electron chi connectivity index (χ4n) is 3.49. The van der Waals surface area contributed by atoms with Gasteiger partial charge in [0.1, 0.15) is 6.04 Å². The van der Waals surface area contributed by atoms with E-state index in [1.54, 1.807) is 4.90 Å². The zero-order chi connectivity index (χ0) is 19.6. The minimum atomic E-state index is -0.857. The number of amides is 1. The van der Waals surface area contributed by atoms with Crippen molar-refractivity contribution >= 4 is 28.3 Å². The van der Waals surface area contributed by atoms with Gasteiger partial charge in [0.15, 0.2) is 5.13 Å². The van der Waals surface area contributed by atoms with Crippen LogP contribution in [0.15, 0.2) is 17.5 Å². The van der Waals surface area contributed by atoms with Gasteiger partial charge < -0.3 is 10.4 Å². The Morgan fingerprint density at radius 1 is 1.22 bits per heavy atom. The number of thiazole rings is 1. The number of carbonyl (C=O) groups is 2. The molecule has 2 N–H and O–H groups in total. The lowest BCUT2D eigenvalue weighted by Gasteiger charge is -2.31. The van der Waals surface area contributed by atoms with E-state index in [0.717, 1.165) is 29.7 Å². The molecule has 27 heavy (non-hydrogen) atoms. The molecule has 2 heterocycles. The van der Waals surface area contributed by atoms with Gasteiger partial charge in [-0.15, -0.1) is 11.3 Å². The summed E-state index contributed by atoms with van der Waals surface area (Å²) in [5, 5.41) is 14.6. The number of nitrogens with zero attached hydrogens (tertiary/aromatic N) is 2. The lowest BCUT2D eigenvalue weighted by Crippen LogP contribution is -2.47. The molecule has 6 nitrogen and oxygen atoms in total. The summed E-state index contributed by atoms with van der Waals surface area (Å²) in [5.41, 5.74) is 5.52. The number of rotatable bonds is 5. The number of likely N-dealkylation sites (tertiary alicyclic amines) is 1. The van der Waals surface area contributed by atoms with Crippen molar-refractivity contribution in [2.45, 2.75) is 46.1 Å². The highest BCUT2D eigenvalue weighted by molar-refractivity contribution is 7.14. The third-order valence-electron chi connectivity index (χ3n) is 5.11. The topological polar surface area (TPSA) is 82.5 Å². The Bertz CT molecular complexity index is 862. The molecule has 1 saturated heterocycles. The fraction of sp³-hybridized carbons (Fsp3) is 0.450. The van der Waals surface area contributed by atoms with Gasteiger partial charge in [0.05, 0.1) is 12.2 Å². The van der Waals surface area contributed by atoms with Crippen molar-refractivity contribution in [3.63, 3.8) is 0 Å². The maximum atomic E-state index is 12.4. The number of nitrogens with one attached hydrogen (secondary N) is 1. The lowest BCUT2D eigenvalue weighted by molar-refractivity contribution is -0.145. The fourth-order valence-corrected chi connectivity index (χ4v) is 4.22. The van der Waals surface area contributed by atoms with Gasteiger partial charge in [-0.3, -0.25) is 14.5 Å². The van der Waals surface area contributed by atoms with Crippen LogP contribution in [-0.4, -0.2) is 46.0 Å². The monoisotopic (exact) mass is 387 g/mol. The summed E-state index contributed by atoms with van der Waals surface area (Å²) in [6.07, 6.45) is 2.40. The predicted molar refractivity (Wildman–Crippen MR) is 107 cm³/mol. The number of carboxylic acid groups (broad SMARTS) is 1. The van der Waals surface area contributed by atoms with E-state index in [1.165, 1.54) is 22.5 Å². The van der Waals surface area contributed by atoms with Crippen LogP contribution in [0.25, 0.3) is 11.3 Å². The van der Waals surface area contributed by atoms with Crippen LogP contribution in [0.1, 0.15) is 36.0 Å². The van der Waals surface area contributed by atoms with E-state index in [2.05, 4.69) is 43.2 Å². The summed E-state index contributed by atoms with van der Waals surface area (Å²) in [5.74, 6) is -1.08. The SMILES string of the molecule is Cc1cc(C)c(-c2csc(NC(=O)CN3CCCCC3C(=O)O)n2)cc1C. The average molecular weight is 388 g/mol.